The Morgan fingerprint density at radius 3 is 2.59 bits per heavy atom. The second-order valence-electron chi connectivity index (χ2n) is 4.27. The quantitative estimate of drug-likeness (QED) is 0.744. The molecule has 4 nitrogen and oxygen atoms in total. The van der Waals surface area contributed by atoms with Crippen molar-refractivity contribution in [2.45, 2.75) is 32.9 Å². The lowest BCUT2D eigenvalue weighted by Crippen LogP contribution is -2.35. The van der Waals surface area contributed by atoms with Crippen molar-refractivity contribution in [1.82, 2.24) is 4.98 Å². The summed E-state index contributed by atoms with van der Waals surface area (Å²) in [6.07, 6.45) is 0. The molecular weight excluding hydrogens is 219 g/mol. The fraction of sp³-hybridized carbons (Fsp3) is 0.417. The van der Waals surface area contributed by atoms with Gasteiger partial charge >= 0.3 is 0 Å². The van der Waals surface area contributed by atoms with E-state index in [1.807, 2.05) is 13.8 Å². The van der Waals surface area contributed by atoms with Crippen LogP contribution in [0.2, 0.25) is 0 Å². The predicted octanol–water partition coefficient (Wildman–Crippen LogP) is 1.61. The van der Waals surface area contributed by atoms with Gasteiger partial charge in [-0.15, -0.1) is 0 Å². The topological polar surface area (TPSA) is 77.0 Å². The molecule has 0 saturated carbocycles. The SMILES string of the molecule is C=C(N)c1cc(F)c(NC(C)[C@H](C)N)nc1C. The number of aromatic nitrogens is 1. The van der Waals surface area contributed by atoms with Crippen molar-refractivity contribution in [3.8, 4) is 0 Å². The van der Waals surface area contributed by atoms with Crippen LogP contribution in [0.5, 0.6) is 0 Å². The molecule has 1 aromatic heterocycles. The average molecular weight is 238 g/mol. The van der Waals surface area contributed by atoms with Crippen molar-refractivity contribution < 1.29 is 4.39 Å². The lowest BCUT2D eigenvalue weighted by molar-refractivity contribution is 0.599. The van der Waals surface area contributed by atoms with Crippen LogP contribution in [0.15, 0.2) is 12.6 Å². The van der Waals surface area contributed by atoms with Crippen molar-refractivity contribution in [3.63, 3.8) is 0 Å². The number of aryl methyl sites for hydroxylation is 1. The number of nitrogens with zero attached hydrogens (tertiary/aromatic N) is 1. The third-order valence-corrected chi connectivity index (χ3v) is 2.67. The van der Waals surface area contributed by atoms with Crippen LogP contribution in [-0.2, 0) is 0 Å². The van der Waals surface area contributed by atoms with Gasteiger partial charge in [0.1, 0.15) is 0 Å². The van der Waals surface area contributed by atoms with Gasteiger partial charge in [-0.25, -0.2) is 9.37 Å². The van der Waals surface area contributed by atoms with Crippen LogP contribution in [0.25, 0.3) is 5.70 Å². The van der Waals surface area contributed by atoms with Gasteiger partial charge < -0.3 is 16.8 Å². The summed E-state index contributed by atoms with van der Waals surface area (Å²) in [6, 6.07) is 1.17. The Hall–Kier alpha value is -1.62. The highest BCUT2D eigenvalue weighted by atomic mass is 19.1. The lowest BCUT2D eigenvalue weighted by atomic mass is 10.1. The summed E-state index contributed by atoms with van der Waals surface area (Å²) in [5.41, 5.74) is 12.7. The number of anilines is 1. The lowest BCUT2D eigenvalue weighted by Gasteiger charge is -2.19. The predicted molar refractivity (Wildman–Crippen MR) is 68.9 cm³/mol. The van der Waals surface area contributed by atoms with Gasteiger partial charge in [0.2, 0.25) is 0 Å². The van der Waals surface area contributed by atoms with E-state index < -0.39 is 5.82 Å². The highest BCUT2D eigenvalue weighted by Gasteiger charge is 2.14. The molecule has 1 heterocycles. The van der Waals surface area contributed by atoms with Gasteiger partial charge in [-0.1, -0.05) is 6.58 Å². The van der Waals surface area contributed by atoms with Crippen LogP contribution in [0.4, 0.5) is 10.2 Å². The summed E-state index contributed by atoms with van der Waals surface area (Å²) < 4.78 is 13.8. The number of rotatable bonds is 4. The van der Waals surface area contributed by atoms with Crippen LogP contribution in [0, 0.1) is 12.7 Å². The van der Waals surface area contributed by atoms with Crippen molar-refractivity contribution in [3.05, 3.63) is 29.7 Å². The molecule has 1 unspecified atom stereocenters. The summed E-state index contributed by atoms with van der Waals surface area (Å²) >= 11 is 0. The molecule has 94 valence electrons. The highest BCUT2D eigenvalue weighted by molar-refractivity contribution is 5.63. The third kappa shape index (κ3) is 3.17. The van der Waals surface area contributed by atoms with Gasteiger partial charge in [-0.2, -0.15) is 0 Å². The first-order valence-corrected chi connectivity index (χ1v) is 5.47. The zero-order valence-corrected chi connectivity index (χ0v) is 10.4. The van der Waals surface area contributed by atoms with E-state index in [0.717, 1.165) is 0 Å². The van der Waals surface area contributed by atoms with Crippen molar-refractivity contribution in [2.24, 2.45) is 11.5 Å². The van der Waals surface area contributed by atoms with E-state index in [4.69, 9.17) is 11.5 Å². The molecule has 2 atom stereocenters. The Morgan fingerprint density at radius 2 is 2.12 bits per heavy atom. The van der Waals surface area contributed by atoms with E-state index >= 15 is 0 Å². The Kier molecular flexibility index (Phi) is 4.07. The van der Waals surface area contributed by atoms with Crippen LogP contribution >= 0.6 is 0 Å². The van der Waals surface area contributed by atoms with Gasteiger partial charge in [0, 0.05) is 29.0 Å². The van der Waals surface area contributed by atoms with Crippen molar-refractivity contribution in [1.29, 1.82) is 0 Å². The Morgan fingerprint density at radius 1 is 1.53 bits per heavy atom. The number of halogens is 1. The molecule has 0 saturated heterocycles. The fourth-order valence-corrected chi connectivity index (χ4v) is 1.35. The molecule has 0 aliphatic rings. The third-order valence-electron chi connectivity index (χ3n) is 2.67. The van der Waals surface area contributed by atoms with Gasteiger partial charge in [0.05, 0.1) is 0 Å². The van der Waals surface area contributed by atoms with E-state index in [0.29, 0.717) is 17.0 Å². The maximum Gasteiger partial charge on any atom is 0.166 e. The van der Waals surface area contributed by atoms with Crippen LogP contribution < -0.4 is 16.8 Å². The van der Waals surface area contributed by atoms with Crippen molar-refractivity contribution >= 4 is 11.5 Å². The largest absolute Gasteiger partial charge is 0.399 e. The minimum atomic E-state index is -0.454. The second-order valence-corrected chi connectivity index (χ2v) is 4.27. The van der Waals surface area contributed by atoms with Crippen LogP contribution in [0.3, 0.4) is 0 Å². The number of nitrogens with two attached hydrogens (primary N) is 2. The van der Waals surface area contributed by atoms with E-state index in [2.05, 4.69) is 16.9 Å². The van der Waals surface area contributed by atoms with E-state index in [9.17, 15) is 4.39 Å². The molecule has 5 heteroatoms. The van der Waals surface area contributed by atoms with Gasteiger partial charge in [-0.3, -0.25) is 0 Å². The summed E-state index contributed by atoms with van der Waals surface area (Å²) in [4.78, 5) is 4.13. The summed E-state index contributed by atoms with van der Waals surface area (Å²) in [5.74, 6) is -0.262. The first-order valence-electron chi connectivity index (χ1n) is 5.47. The zero-order valence-electron chi connectivity index (χ0n) is 10.4. The number of hydrogen-bond donors (Lipinski definition) is 3. The molecule has 0 aliphatic carbocycles. The molecule has 1 aromatic rings. The van der Waals surface area contributed by atoms with E-state index in [1.54, 1.807) is 6.92 Å². The van der Waals surface area contributed by atoms with Gasteiger partial charge in [-0.05, 0) is 26.8 Å². The standard InChI is InChI=1S/C12H19FN4/c1-6(14)8(3)16-12-11(13)5-10(7(2)15)9(4)17-12/h5-6,8H,2,14-15H2,1,3-4H3,(H,16,17)/t6-,8?/m0/s1. The first kappa shape index (κ1) is 13.4. The molecule has 0 amide bonds. The minimum absolute atomic E-state index is 0.0664. The normalized spacial score (nSPS) is 14.2. The number of pyridine rings is 1. The molecule has 0 aromatic carbocycles. The van der Waals surface area contributed by atoms with E-state index in [1.165, 1.54) is 6.07 Å². The summed E-state index contributed by atoms with van der Waals surface area (Å²) in [7, 11) is 0. The molecule has 1 rings (SSSR count). The van der Waals surface area contributed by atoms with E-state index in [-0.39, 0.29) is 17.9 Å². The van der Waals surface area contributed by atoms with Gasteiger partial charge in [0.15, 0.2) is 11.6 Å². The number of hydrogen-bond acceptors (Lipinski definition) is 4. The second kappa shape index (κ2) is 5.14. The molecule has 0 radical (unpaired) electrons. The summed E-state index contributed by atoms with van der Waals surface area (Å²) in [5, 5.41) is 2.93. The zero-order chi connectivity index (χ0) is 13.2. The maximum absolute atomic E-state index is 13.8. The molecule has 0 fully saturated rings. The Bertz CT molecular complexity index is 429. The number of nitrogens with one attached hydrogen (secondary N) is 1. The smallest absolute Gasteiger partial charge is 0.166 e. The molecular formula is C12H19FN4. The Labute approximate surface area is 101 Å². The summed E-state index contributed by atoms with van der Waals surface area (Å²) in [6.45, 7) is 9.05. The molecule has 0 bridgehead atoms. The molecule has 17 heavy (non-hydrogen) atoms. The molecule has 5 N–H and O–H groups in total. The highest BCUT2D eigenvalue weighted by Crippen LogP contribution is 2.19. The minimum Gasteiger partial charge on any atom is -0.399 e. The maximum atomic E-state index is 13.8. The first-order chi connectivity index (χ1) is 7.82. The van der Waals surface area contributed by atoms with Gasteiger partial charge in [0.25, 0.3) is 0 Å². The van der Waals surface area contributed by atoms with Crippen molar-refractivity contribution in [2.75, 3.05) is 5.32 Å². The molecule has 0 spiro atoms. The monoisotopic (exact) mass is 238 g/mol. The fourth-order valence-electron chi connectivity index (χ4n) is 1.35. The molecule has 0 aliphatic heterocycles. The van der Waals surface area contributed by atoms with Crippen LogP contribution in [0.1, 0.15) is 25.1 Å². The average Bonchev–Trinajstić information content (AvgIpc) is 2.22. The Balaban J connectivity index is 3.03. The van der Waals surface area contributed by atoms with Crippen LogP contribution in [-0.4, -0.2) is 17.1 Å².